The molecular formula is C16H16BrF3N2O3. The highest BCUT2D eigenvalue weighted by atomic mass is 79.9. The van der Waals surface area contributed by atoms with E-state index in [1.54, 1.807) is 0 Å². The third-order valence-corrected chi connectivity index (χ3v) is 3.81. The number of ether oxygens (including phenoxy) is 1. The van der Waals surface area contributed by atoms with Crippen LogP contribution in [0.3, 0.4) is 0 Å². The number of halogens is 4. The number of aromatic nitrogens is 2. The molecule has 25 heavy (non-hydrogen) atoms. The molecule has 136 valence electrons. The molecule has 0 saturated carbocycles. The summed E-state index contributed by atoms with van der Waals surface area (Å²) in [6, 6.07) is 4.22. The van der Waals surface area contributed by atoms with E-state index in [-0.39, 0.29) is 16.0 Å². The second kappa shape index (κ2) is 8.28. The lowest BCUT2D eigenvalue weighted by Gasteiger charge is -2.14. The maximum Gasteiger partial charge on any atom is 0.416 e. The first-order valence-electron chi connectivity index (χ1n) is 7.22. The second-order valence-corrected chi connectivity index (χ2v) is 5.27. The summed E-state index contributed by atoms with van der Waals surface area (Å²) in [5.41, 5.74) is -2.08. The van der Waals surface area contributed by atoms with Crippen molar-refractivity contribution >= 4 is 21.9 Å². The first kappa shape index (κ1) is 20.9. The Labute approximate surface area is 150 Å². The van der Waals surface area contributed by atoms with Crippen molar-refractivity contribution in [1.29, 1.82) is 0 Å². The lowest BCUT2D eigenvalue weighted by atomic mass is 10.2. The predicted octanol–water partition coefficient (Wildman–Crippen LogP) is 4.14. The molecule has 0 amide bonds. The van der Waals surface area contributed by atoms with Crippen molar-refractivity contribution in [3.05, 3.63) is 56.2 Å². The van der Waals surface area contributed by atoms with Crippen molar-refractivity contribution < 1.29 is 22.7 Å². The van der Waals surface area contributed by atoms with Gasteiger partial charge in [0.25, 0.3) is 5.56 Å². The van der Waals surface area contributed by atoms with Crippen molar-refractivity contribution in [2.24, 2.45) is 0 Å². The van der Waals surface area contributed by atoms with Crippen LogP contribution in [0.5, 0.6) is 0 Å². The van der Waals surface area contributed by atoms with Crippen molar-refractivity contribution in [3.63, 3.8) is 0 Å². The summed E-state index contributed by atoms with van der Waals surface area (Å²) in [6.45, 7) is 5.49. The molecule has 2 aromatic rings. The van der Waals surface area contributed by atoms with Crippen molar-refractivity contribution in [3.8, 4) is 5.69 Å². The van der Waals surface area contributed by atoms with Crippen molar-refractivity contribution in [1.82, 2.24) is 9.55 Å². The molecular weight excluding hydrogens is 405 g/mol. The van der Waals surface area contributed by atoms with Crippen LogP contribution in [0.1, 0.15) is 35.6 Å². The van der Waals surface area contributed by atoms with E-state index in [1.807, 2.05) is 13.8 Å². The van der Waals surface area contributed by atoms with E-state index in [4.69, 9.17) is 0 Å². The van der Waals surface area contributed by atoms with Gasteiger partial charge in [-0.2, -0.15) is 13.2 Å². The zero-order chi connectivity index (χ0) is 19.4. The number of hydrogen-bond acceptors (Lipinski definition) is 4. The standard InChI is InChI=1S/C14H10BrF3N2O3.C2H6/c1-7-11(15)19-10(13(22)23-2)12(21)20(7)9-5-3-4-8(6-9)14(16,17)18;1-2/h3-6H,1-2H3;1-2H3. The maximum absolute atomic E-state index is 12.8. The van der Waals surface area contributed by atoms with Gasteiger partial charge < -0.3 is 4.74 Å². The third-order valence-electron chi connectivity index (χ3n) is 3.06. The van der Waals surface area contributed by atoms with E-state index in [2.05, 4.69) is 25.7 Å². The average Bonchev–Trinajstić information content (AvgIpc) is 2.59. The number of esters is 1. The largest absolute Gasteiger partial charge is 0.464 e. The van der Waals surface area contributed by atoms with Gasteiger partial charge in [-0.3, -0.25) is 9.36 Å². The van der Waals surface area contributed by atoms with Crippen LogP contribution in [0.4, 0.5) is 13.2 Å². The van der Waals surface area contributed by atoms with Gasteiger partial charge in [-0.1, -0.05) is 19.9 Å². The summed E-state index contributed by atoms with van der Waals surface area (Å²) < 4.78 is 44.1. The van der Waals surface area contributed by atoms with Gasteiger partial charge in [0.05, 0.1) is 18.4 Å². The molecule has 0 fully saturated rings. The number of benzene rings is 1. The Morgan fingerprint density at radius 3 is 2.40 bits per heavy atom. The highest BCUT2D eigenvalue weighted by Crippen LogP contribution is 2.30. The number of rotatable bonds is 2. The summed E-state index contributed by atoms with van der Waals surface area (Å²) in [6.07, 6.45) is -4.55. The lowest BCUT2D eigenvalue weighted by molar-refractivity contribution is -0.137. The molecule has 0 saturated heterocycles. The predicted molar refractivity (Wildman–Crippen MR) is 90.0 cm³/mol. The first-order chi connectivity index (χ1) is 11.7. The highest BCUT2D eigenvalue weighted by molar-refractivity contribution is 9.10. The molecule has 0 aliphatic heterocycles. The Kier molecular flexibility index (Phi) is 6.92. The number of carbonyl (C=O) groups is 1. The lowest BCUT2D eigenvalue weighted by Crippen LogP contribution is -2.30. The van der Waals surface area contributed by atoms with Crippen LogP contribution in [0.25, 0.3) is 5.69 Å². The van der Waals surface area contributed by atoms with E-state index in [1.165, 1.54) is 19.1 Å². The fourth-order valence-electron chi connectivity index (χ4n) is 1.94. The molecule has 1 aromatic heterocycles. The van der Waals surface area contributed by atoms with Gasteiger partial charge >= 0.3 is 12.1 Å². The van der Waals surface area contributed by atoms with Crippen LogP contribution < -0.4 is 5.56 Å². The second-order valence-electron chi connectivity index (χ2n) is 4.52. The van der Waals surface area contributed by atoms with Gasteiger partial charge in [0.15, 0.2) is 0 Å². The van der Waals surface area contributed by atoms with E-state index in [0.29, 0.717) is 0 Å². The SMILES string of the molecule is CC.COC(=O)c1nc(Br)c(C)n(-c2cccc(C(F)(F)F)c2)c1=O. The van der Waals surface area contributed by atoms with E-state index < -0.39 is 29.0 Å². The van der Waals surface area contributed by atoms with Crippen LogP contribution in [0.15, 0.2) is 33.7 Å². The molecule has 0 atom stereocenters. The summed E-state index contributed by atoms with van der Waals surface area (Å²) in [4.78, 5) is 27.8. The zero-order valence-electron chi connectivity index (χ0n) is 13.9. The van der Waals surface area contributed by atoms with Gasteiger partial charge in [0.1, 0.15) is 4.60 Å². The number of hydrogen-bond donors (Lipinski definition) is 0. The molecule has 1 heterocycles. The molecule has 1 aromatic carbocycles. The first-order valence-corrected chi connectivity index (χ1v) is 8.01. The van der Waals surface area contributed by atoms with Gasteiger partial charge in [0.2, 0.25) is 5.69 Å². The molecule has 0 radical (unpaired) electrons. The monoisotopic (exact) mass is 420 g/mol. The topological polar surface area (TPSA) is 61.2 Å². The molecule has 0 unspecified atom stereocenters. The molecule has 0 bridgehead atoms. The van der Waals surface area contributed by atoms with Gasteiger partial charge in [-0.25, -0.2) is 9.78 Å². The average molecular weight is 421 g/mol. The number of nitrogens with zero attached hydrogens (tertiary/aromatic N) is 2. The van der Waals surface area contributed by atoms with Crippen LogP contribution in [-0.2, 0) is 10.9 Å². The zero-order valence-corrected chi connectivity index (χ0v) is 15.5. The summed E-state index contributed by atoms with van der Waals surface area (Å²) in [5.74, 6) is -0.976. The van der Waals surface area contributed by atoms with Crippen LogP contribution in [-0.4, -0.2) is 22.6 Å². The Morgan fingerprint density at radius 1 is 1.28 bits per heavy atom. The molecule has 0 aliphatic rings. The fourth-order valence-corrected chi connectivity index (χ4v) is 2.29. The minimum atomic E-state index is -4.55. The minimum absolute atomic E-state index is 0.0319. The van der Waals surface area contributed by atoms with Crippen LogP contribution in [0, 0.1) is 6.92 Å². The van der Waals surface area contributed by atoms with Crippen LogP contribution in [0.2, 0.25) is 0 Å². The fraction of sp³-hybridized carbons (Fsp3) is 0.312. The van der Waals surface area contributed by atoms with E-state index >= 15 is 0 Å². The number of methoxy groups -OCH3 is 1. The molecule has 0 aliphatic carbocycles. The normalized spacial score (nSPS) is 10.7. The molecule has 5 nitrogen and oxygen atoms in total. The Hall–Kier alpha value is -2.16. The van der Waals surface area contributed by atoms with Crippen molar-refractivity contribution in [2.45, 2.75) is 26.9 Å². The highest BCUT2D eigenvalue weighted by Gasteiger charge is 2.31. The summed E-state index contributed by atoms with van der Waals surface area (Å²) in [5, 5.41) is 0. The number of alkyl halides is 3. The van der Waals surface area contributed by atoms with Gasteiger partial charge in [-0.15, -0.1) is 0 Å². The smallest absolute Gasteiger partial charge is 0.416 e. The Morgan fingerprint density at radius 2 is 1.88 bits per heavy atom. The van der Waals surface area contributed by atoms with Gasteiger partial charge in [-0.05, 0) is 41.1 Å². The maximum atomic E-state index is 12.8. The third kappa shape index (κ3) is 4.47. The van der Waals surface area contributed by atoms with Gasteiger partial charge in [0, 0.05) is 5.69 Å². The minimum Gasteiger partial charge on any atom is -0.464 e. The molecule has 0 N–H and O–H groups in total. The Balaban J connectivity index is 0.00000151. The Bertz CT molecular complexity index is 832. The van der Waals surface area contributed by atoms with Crippen molar-refractivity contribution in [2.75, 3.05) is 7.11 Å². The molecule has 9 heteroatoms. The van der Waals surface area contributed by atoms with Crippen LogP contribution >= 0.6 is 15.9 Å². The molecule has 2 rings (SSSR count). The van der Waals surface area contributed by atoms with E-state index in [9.17, 15) is 22.8 Å². The quantitative estimate of drug-likeness (QED) is 0.685. The number of carbonyl (C=O) groups excluding carboxylic acids is 1. The van der Waals surface area contributed by atoms with E-state index in [0.717, 1.165) is 23.8 Å². The summed E-state index contributed by atoms with van der Waals surface area (Å²) >= 11 is 3.08. The summed E-state index contributed by atoms with van der Waals surface area (Å²) in [7, 11) is 1.08. The molecule has 0 spiro atoms.